The summed E-state index contributed by atoms with van der Waals surface area (Å²) in [6.45, 7) is 2.40. The Morgan fingerprint density at radius 3 is 3.00 bits per heavy atom. The van der Waals surface area contributed by atoms with Crippen molar-refractivity contribution in [2.75, 3.05) is 20.1 Å². The Labute approximate surface area is 85.2 Å². The summed E-state index contributed by atoms with van der Waals surface area (Å²) in [6, 6.07) is 7.62. The van der Waals surface area contributed by atoms with Gasteiger partial charge in [0.15, 0.2) is 0 Å². The van der Waals surface area contributed by atoms with E-state index in [-0.39, 0.29) is 0 Å². The van der Waals surface area contributed by atoms with Gasteiger partial charge in [-0.3, -0.25) is 0 Å². The van der Waals surface area contributed by atoms with Gasteiger partial charge < -0.3 is 10.0 Å². The Morgan fingerprint density at radius 2 is 2.36 bits per heavy atom. The molecule has 2 rings (SSSR count). The molecule has 1 atom stereocenters. The highest BCUT2D eigenvalue weighted by Crippen LogP contribution is 2.21. The van der Waals surface area contributed by atoms with Gasteiger partial charge in [0.25, 0.3) is 0 Å². The van der Waals surface area contributed by atoms with E-state index in [1.54, 1.807) is 6.07 Å². The van der Waals surface area contributed by atoms with Gasteiger partial charge in [-0.2, -0.15) is 0 Å². The van der Waals surface area contributed by atoms with Crippen molar-refractivity contribution < 1.29 is 5.11 Å². The molecule has 0 aliphatic carbocycles. The first-order valence-corrected chi connectivity index (χ1v) is 5.20. The molecule has 1 saturated heterocycles. The first-order chi connectivity index (χ1) is 6.74. The summed E-state index contributed by atoms with van der Waals surface area (Å²) in [5.41, 5.74) is 1.25. The lowest BCUT2D eigenvalue weighted by Crippen LogP contribution is -2.14. The summed E-state index contributed by atoms with van der Waals surface area (Å²) in [5, 5.41) is 9.33. The van der Waals surface area contributed by atoms with Crippen molar-refractivity contribution in [3.8, 4) is 5.75 Å². The first kappa shape index (κ1) is 9.53. The third kappa shape index (κ3) is 2.26. The van der Waals surface area contributed by atoms with Crippen LogP contribution in [0.1, 0.15) is 12.0 Å². The van der Waals surface area contributed by atoms with E-state index in [4.69, 9.17) is 0 Å². The number of aromatic hydroxyl groups is 1. The van der Waals surface area contributed by atoms with Crippen molar-refractivity contribution in [1.82, 2.24) is 4.90 Å². The summed E-state index contributed by atoms with van der Waals surface area (Å²) < 4.78 is 0. The SMILES string of the molecule is CN1CCC(Cc2cccc(O)c2)C1. The Morgan fingerprint density at radius 1 is 1.50 bits per heavy atom. The number of hydrogen-bond acceptors (Lipinski definition) is 2. The van der Waals surface area contributed by atoms with E-state index in [1.165, 1.54) is 25.1 Å². The monoisotopic (exact) mass is 191 g/mol. The molecule has 14 heavy (non-hydrogen) atoms. The van der Waals surface area contributed by atoms with Crippen molar-refractivity contribution in [3.63, 3.8) is 0 Å². The van der Waals surface area contributed by atoms with Crippen LogP contribution in [0.5, 0.6) is 5.75 Å². The van der Waals surface area contributed by atoms with Crippen LogP contribution >= 0.6 is 0 Å². The number of rotatable bonds is 2. The summed E-state index contributed by atoms with van der Waals surface area (Å²) in [6.07, 6.45) is 2.38. The van der Waals surface area contributed by atoms with Crippen LogP contribution in [0.15, 0.2) is 24.3 Å². The molecule has 0 spiro atoms. The van der Waals surface area contributed by atoms with E-state index in [0.717, 1.165) is 12.3 Å². The standard InChI is InChI=1S/C12H17NO/c1-13-6-5-11(9-13)7-10-3-2-4-12(14)8-10/h2-4,8,11,14H,5-7,9H2,1H3. The smallest absolute Gasteiger partial charge is 0.115 e. The van der Waals surface area contributed by atoms with Crippen LogP contribution < -0.4 is 0 Å². The van der Waals surface area contributed by atoms with Crippen molar-refractivity contribution >= 4 is 0 Å². The van der Waals surface area contributed by atoms with Gasteiger partial charge in [-0.1, -0.05) is 12.1 Å². The molecular weight excluding hydrogens is 174 g/mol. The van der Waals surface area contributed by atoms with Gasteiger partial charge in [-0.25, -0.2) is 0 Å². The highest BCUT2D eigenvalue weighted by molar-refractivity contribution is 5.27. The van der Waals surface area contributed by atoms with E-state index in [9.17, 15) is 5.11 Å². The average Bonchev–Trinajstić information content (AvgIpc) is 2.51. The Bertz CT molecular complexity index is 311. The maximum Gasteiger partial charge on any atom is 0.115 e. The van der Waals surface area contributed by atoms with Crippen LogP contribution in [0.2, 0.25) is 0 Å². The van der Waals surface area contributed by atoms with Gasteiger partial charge in [-0.05, 0) is 50.0 Å². The molecule has 0 radical (unpaired) electrons. The predicted molar refractivity (Wildman–Crippen MR) is 57.4 cm³/mol. The van der Waals surface area contributed by atoms with Crippen LogP contribution in [-0.2, 0) is 6.42 Å². The molecule has 1 aromatic rings. The van der Waals surface area contributed by atoms with Gasteiger partial charge in [0.1, 0.15) is 5.75 Å². The molecule has 1 unspecified atom stereocenters. The Kier molecular flexibility index (Phi) is 2.73. The molecule has 1 N–H and O–H groups in total. The van der Waals surface area contributed by atoms with Gasteiger partial charge in [-0.15, -0.1) is 0 Å². The van der Waals surface area contributed by atoms with Crippen LogP contribution in [0.3, 0.4) is 0 Å². The van der Waals surface area contributed by atoms with E-state index < -0.39 is 0 Å². The molecule has 1 aliphatic heterocycles. The maximum absolute atomic E-state index is 9.33. The summed E-state index contributed by atoms with van der Waals surface area (Å²) in [4.78, 5) is 2.37. The van der Waals surface area contributed by atoms with Gasteiger partial charge in [0, 0.05) is 6.54 Å². The number of benzene rings is 1. The van der Waals surface area contributed by atoms with Gasteiger partial charge in [0.2, 0.25) is 0 Å². The topological polar surface area (TPSA) is 23.5 Å². The molecule has 0 amide bonds. The van der Waals surface area contributed by atoms with E-state index in [1.807, 2.05) is 12.1 Å². The molecule has 1 aliphatic rings. The molecule has 76 valence electrons. The highest BCUT2D eigenvalue weighted by atomic mass is 16.3. The van der Waals surface area contributed by atoms with Crippen LogP contribution in [-0.4, -0.2) is 30.1 Å². The minimum Gasteiger partial charge on any atom is -0.508 e. The zero-order valence-electron chi connectivity index (χ0n) is 8.61. The number of likely N-dealkylation sites (tertiary alicyclic amines) is 1. The number of nitrogens with zero attached hydrogens (tertiary/aromatic N) is 1. The van der Waals surface area contributed by atoms with E-state index in [0.29, 0.717) is 5.75 Å². The third-order valence-corrected chi connectivity index (χ3v) is 2.92. The summed E-state index contributed by atoms with van der Waals surface area (Å²) in [5.74, 6) is 1.15. The van der Waals surface area contributed by atoms with Crippen molar-refractivity contribution in [3.05, 3.63) is 29.8 Å². The fourth-order valence-corrected chi connectivity index (χ4v) is 2.21. The fraction of sp³-hybridized carbons (Fsp3) is 0.500. The second kappa shape index (κ2) is 4.01. The average molecular weight is 191 g/mol. The van der Waals surface area contributed by atoms with Crippen LogP contribution in [0, 0.1) is 5.92 Å². The Hall–Kier alpha value is -1.02. The normalized spacial score (nSPS) is 22.8. The summed E-state index contributed by atoms with van der Waals surface area (Å²) in [7, 11) is 2.17. The summed E-state index contributed by atoms with van der Waals surface area (Å²) >= 11 is 0. The molecule has 2 heteroatoms. The second-order valence-corrected chi connectivity index (χ2v) is 4.29. The number of phenols is 1. The molecule has 1 aromatic carbocycles. The largest absolute Gasteiger partial charge is 0.508 e. The molecule has 0 saturated carbocycles. The lowest BCUT2D eigenvalue weighted by Gasteiger charge is -2.10. The van der Waals surface area contributed by atoms with E-state index in [2.05, 4.69) is 18.0 Å². The molecule has 0 aromatic heterocycles. The number of hydrogen-bond donors (Lipinski definition) is 1. The molecular formula is C12H17NO. The van der Waals surface area contributed by atoms with Crippen LogP contribution in [0.25, 0.3) is 0 Å². The highest BCUT2D eigenvalue weighted by Gasteiger charge is 2.19. The van der Waals surface area contributed by atoms with Gasteiger partial charge >= 0.3 is 0 Å². The Balaban J connectivity index is 1.97. The maximum atomic E-state index is 9.33. The molecule has 1 heterocycles. The third-order valence-electron chi connectivity index (χ3n) is 2.92. The molecule has 2 nitrogen and oxygen atoms in total. The van der Waals surface area contributed by atoms with Crippen molar-refractivity contribution in [1.29, 1.82) is 0 Å². The van der Waals surface area contributed by atoms with Crippen molar-refractivity contribution in [2.24, 2.45) is 5.92 Å². The number of phenolic OH excluding ortho intramolecular Hbond substituents is 1. The quantitative estimate of drug-likeness (QED) is 0.771. The van der Waals surface area contributed by atoms with Gasteiger partial charge in [0.05, 0.1) is 0 Å². The minimum atomic E-state index is 0.383. The zero-order chi connectivity index (χ0) is 9.97. The van der Waals surface area contributed by atoms with Crippen molar-refractivity contribution in [2.45, 2.75) is 12.8 Å². The fourth-order valence-electron chi connectivity index (χ4n) is 2.21. The second-order valence-electron chi connectivity index (χ2n) is 4.29. The predicted octanol–water partition coefficient (Wildman–Crippen LogP) is 1.89. The van der Waals surface area contributed by atoms with Crippen LogP contribution in [0.4, 0.5) is 0 Å². The zero-order valence-corrected chi connectivity index (χ0v) is 8.61. The molecule has 1 fully saturated rings. The minimum absolute atomic E-state index is 0.383. The lowest BCUT2D eigenvalue weighted by atomic mass is 9.99. The van der Waals surface area contributed by atoms with E-state index >= 15 is 0 Å². The first-order valence-electron chi connectivity index (χ1n) is 5.20. The lowest BCUT2D eigenvalue weighted by molar-refractivity contribution is 0.394. The molecule has 0 bridgehead atoms.